The summed E-state index contributed by atoms with van der Waals surface area (Å²) in [5, 5.41) is 26.0. The van der Waals surface area contributed by atoms with E-state index in [-0.39, 0.29) is 6.42 Å². The van der Waals surface area contributed by atoms with Crippen LogP contribution in [0.15, 0.2) is 116 Å². The second kappa shape index (κ2) is 19.8. The highest BCUT2D eigenvalue weighted by molar-refractivity contribution is 5.98. The molecule has 4 N–H and O–H groups in total. The average molecular weight is 729 g/mol. The van der Waals surface area contributed by atoms with Gasteiger partial charge in [-0.3, -0.25) is 9.59 Å². The molecule has 1 heterocycles. The van der Waals surface area contributed by atoms with Crippen molar-refractivity contribution in [2.75, 3.05) is 6.61 Å². The van der Waals surface area contributed by atoms with Crippen LogP contribution in [0.1, 0.15) is 79.1 Å². The number of rotatable bonds is 19. The van der Waals surface area contributed by atoms with Gasteiger partial charge in [0.15, 0.2) is 11.9 Å². The van der Waals surface area contributed by atoms with Gasteiger partial charge in [-0.05, 0) is 59.4 Å². The number of hydrogen-bond donors (Lipinski definition) is 4. The molecule has 0 bridgehead atoms. The average Bonchev–Trinajstić information content (AvgIpc) is 3.21. The molecule has 0 radical (unpaired) electrons. The zero-order chi connectivity index (χ0) is 38.3. The van der Waals surface area contributed by atoms with Crippen LogP contribution >= 0.6 is 0 Å². The van der Waals surface area contributed by atoms with Crippen LogP contribution in [0.25, 0.3) is 22.5 Å². The van der Waals surface area contributed by atoms with Gasteiger partial charge in [0.25, 0.3) is 5.91 Å². The summed E-state index contributed by atoms with van der Waals surface area (Å²) in [5.74, 6) is -1.29. The van der Waals surface area contributed by atoms with Gasteiger partial charge in [-0.25, -0.2) is 14.8 Å². The third-order valence-electron chi connectivity index (χ3n) is 9.27. The van der Waals surface area contributed by atoms with Gasteiger partial charge in [0.1, 0.15) is 17.9 Å². The smallest absolute Gasteiger partial charge is 0.329 e. The maximum absolute atomic E-state index is 13.7. The summed E-state index contributed by atoms with van der Waals surface area (Å²) in [6.07, 6.45) is 8.84. The van der Waals surface area contributed by atoms with Crippen LogP contribution in [0, 0.1) is 0 Å². The molecular weight excluding hydrogens is 681 g/mol. The fraction of sp³-hybridized carbons (Fsp3) is 0.295. The number of ether oxygens (including phenoxy) is 1. The number of amides is 2. The highest BCUT2D eigenvalue weighted by atomic mass is 16.5. The van der Waals surface area contributed by atoms with Crippen molar-refractivity contribution in [3.63, 3.8) is 0 Å². The number of carbonyl (C=O) groups is 3. The first-order chi connectivity index (χ1) is 26.2. The zero-order valence-electron chi connectivity index (χ0n) is 30.8. The number of aliphatic hydroxyl groups is 1. The number of aliphatic carboxylic acids is 1. The molecule has 5 rings (SSSR count). The van der Waals surface area contributed by atoms with E-state index >= 15 is 0 Å². The van der Waals surface area contributed by atoms with Crippen molar-refractivity contribution in [3.05, 3.63) is 138 Å². The third kappa shape index (κ3) is 11.1. The monoisotopic (exact) mass is 728 g/mol. The number of benzene rings is 4. The molecule has 0 aliphatic rings. The number of nitrogens with one attached hydrogen (secondary N) is 2. The van der Waals surface area contributed by atoms with Crippen molar-refractivity contribution in [2.24, 2.45) is 0 Å². The summed E-state index contributed by atoms with van der Waals surface area (Å²) in [7, 11) is 0. The molecule has 54 heavy (non-hydrogen) atoms. The van der Waals surface area contributed by atoms with E-state index in [4.69, 9.17) is 4.74 Å². The van der Waals surface area contributed by atoms with Crippen LogP contribution in [-0.2, 0) is 22.4 Å². The number of aliphatic hydroxyl groups excluding tert-OH is 1. The Morgan fingerprint density at radius 2 is 1.33 bits per heavy atom. The lowest BCUT2D eigenvalue weighted by molar-refractivity contribution is -0.145. The van der Waals surface area contributed by atoms with E-state index in [0.29, 0.717) is 29.1 Å². The van der Waals surface area contributed by atoms with Crippen molar-refractivity contribution in [2.45, 2.75) is 77.0 Å². The highest BCUT2D eigenvalue weighted by Crippen LogP contribution is 2.24. The Kier molecular flexibility index (Phi) is 14.4. The molecule has 0 saturated carbocycles. The van der Waals surface area contributed by atoms with Gasteiger partial charge < -0.3 is 25.6 Å². The largest absolute Gasteiger partial charge is 0.494 e. The molecule has 280 valence electrons. The summed E-state index contributed by atoms with van der Waals surface area (Å²) >= 11 is 0. The van der Waals surface area contributed by atoms with E-state index in [1.54, 1.807) is 54.9 Å². The Balaban J connectivity index is 1.26. The Bertz CT molecular complexity index is 1930. The number of hydrogen-bond acceptors (Lipinski definition) is 7. The number of aromatic nitrogens is 2. The molecule has 0 aliphatic heterocycles. The molecule has 3 atom stereocenters. The summed E-state index contributed by atoms with van der Waals surface area (Å²) < 4.78 is 5.89. The van der Waals surface area contributed by atoms with Gasteiger partial charge in [-0.1, -0.05) is 118 Å². The third-order valence-corrected chi connectivity index (χ3v) is 9.27. The summed E-state index contributed by atoms with van der Waals surface area (Å²) in [5.41, 5.74) is 5.05. The molecule has 0 spiro atoms. The lowest BCUT2D eigenvalue weighted by atomic mass is 10.00. The van der Waals surface area contributed by atoms with E-state index in [9.17, 15) is 24.6 Å². The maximum atomic E-state index is 13.7. The van der Waals surface area contributed by atoms with Gasteiger partial charge in [-0.2, -0.15) is 0 Å². The topological polar surface area (TPSA) is 151 Å². The van der Waals surface area contributed by atoms with E-state index < -0.39 is 36.0 Å². The number of carbonyl (C=O) groups excluding carboxylic acids is 2. The fourth-order valence-corrected chi connectivity index (χ4v) is 6.01. The Labute approximate surface area is 316 Å². The molecule has 5 aromatic rings. The number of nitrogens with zero attached hydrogens (tertiary/aromatic N) is 2. The SMILES string of the molecule is CCCCCCCOc1ccc(-c2cnc(-c3ccc(C[C@H](NC(=O)c4ccc(CC)cc4)C(=O)NC(C(=O)O)[C@H](O)c4ccccc4)cc3)nc2)cc1. The Morgan fingerprint density at radius 1 is 0.704 bits per heavy atom. The lowest BCUT2D eigenvalue weighted by Crippen LogP contribution is -2.54. The molecule has 0 saturated heterocycles. The summed E-state index contributed by atoms with van der Waals surface area (Å²) in [6, 6.07) is 27.7. The zero-order valence-corrected chi connectivity index (χ0v) is 30.8. The van der Waals surface area contributed by atoms with Crippen molar-refractivity contribution in [1.29, 1.82) is 0 Å². The first-order valence-electron chi connectivity index (χ1n) is 18.6. The van der Waals surface area contributed by atoms with E-state index in [2.05, 4.69) is 27.5 Å². The molecule has 1 unspecified atom stereocenters. The molecule has 10 nitrogen and oxygen atoms in total. The normalized spacial score (nSPS) is 12.6. The van der Waals surface area contributed by atoms with Crippen molar-refractivity contribution < 1.29 is 29.3 Å². The van der Waals surface area contributed by atoms with E-state index in [1.807, 2.05) is 67.6 Å². The maximum Gasteiger partial charge on any atom is 0.329 e. The second-order valence-corrected chi connectivity index (χ2v) is 13.2. The van der Waals surface area contributed by atoms with Crippen LogP contribution in [0.2, 0.25) is 0 Å². The van der Waals surface area contributed by atoms with Crippen LogP contribution in [0.5, 0.6) is 5.75 Å². The quantitative estimate of drug-likeness (QED) is 0.0644. The van der Waals surface area contributed by atoms with Gasteiger partial charge in [0.2, 0.25) is 5.91 Å². The van der Waals surface area contributed by atoms with E-state index in [0.717, 1.165) is 40.8 Å². The predicted molar refractivity (Wildman–Crippen MR) is 209 cm³/mol. The first-order valence-corrected chi connectivity index (χ1v) is 18.6. The molecule has 4 aromatic carbocycles. The van der Waals surface area contributed by atoms with E-state index in [1.165, 1.54) is 25.7 Å². The predicted octanol–water partition coefficient (Wildman–Crippen LogP) is 7.37. The minimum atomic E-state index is -1.65. The molecular formula is C44H48N4O6. The Hall–Kier alpha value is -5.87. The Morgan fingerprint density at radius 3 is 1.96 bits per heavy atom. The molecule has 10 heteroatoms. The minimum Gasteiger partial charge on any atom is -0.494 e. The summed E-state index contributed by atoms with van der Waals surface area (Å²) in [6.45, 7) is 4.93. The molecule has 0 aliphatic carbocycles. The highest BCUT2D eigenvalue weighted by Gasteiger charge is 2.32. The lowest BCUT2D eigenvalue weighted by Gasteiger charge is -2.25. The van der Waals surface area contributed by atoms with Crippen molar-refractivity contribution in [3.8, 4) is 28.3 Å². The summed E-state index contributed by atoms with van der Waals surface area (Å²) in [4.78, 5) is 48.4. The first kappa shape index (κ1) is 39.3. The second-order valence-electron chi connectivity index (χ2n) is 13.2. The van der Waals surface area contributed by atoms with Crippen LogP contribution < -0.4 is 15.4 Å². The molecule has 0 fully saturated rings. The molecule has 1 aromatic heterocycles. The van der Waals surface area contributed by atoms with Gasteiger partial charge >= 0.3 is 5.97 Å². The number of aryl methyl sites for hydroxylation is 1. The van der Waals surface area contributed by atoms with Crippen molar-refractivity contribution in [1.82, 2.24) is 20.6 Å². The standard InChI is InChI=1S/C44H48N4O6/c1-3-5-6-7-11-26-54-37-24-22-32(23-25-37)36-28-45-41(46-29-36)34-18-16-31(17-19-34)27-38(47-42(50)35-20-14-30(4-2)15-21-35)43(51)48-39(44(52)53)40(49)33-12-9-8-10-13-33/h8-10,12-25,28-29,38-40,49H,3-7,11,26-27H2,1-2H3,(H,47,50)(H,48,51)(H,52,53)/t38-,39?,40+/m0/s1. The number of carboxylic acids is 1. The van der Waals surface area contributed by atoms with Crippen LogP contribution in [0.3, 0.4) is 0 Å². The number of carboxylic acid groups (broad SMARTS) is 1. The fourth-order valence-electron chi connectivity index (χ4n) is 6.01. The van der Waals surface area contributed by atoms with Gasteiger partial charge in [0, 0.05) is 35.5 Å². The molecule has 2 amide bonds. The van der Waals surface area contributed by atoms with Crippen LogP contribution in [0.4, 0.5) is 0 Å². The van der Waals surface area contributed by atoms with Gasteiger partial charge in [-0.15, -0.1) is 0 Å². The van der Waals surface area contributed by atoms with Crippen LogP contribution in [-0.4, -0.2) is 56.7 Å². The number of unbranched alkanes of at least 4 members (excludes halogenated alkanes) is 4. The minimum absolute atomic E-state index is 0.0526. The van der Waals surface area contributed by atoms with Gasteiger partial charge in [0.05, 0.1) is 6.61 Å². The van der Waals surface area contributed by atoms with Crippen molar-refractivity contribution >= 4 is 17.8 Å².